The molecule has 2 aromatic rings. The number of nitrogens with one attached hydrogen (secondary N) is 1. The number of ether oxygens (including phenoxy) is 3. The van der Waals surface area contributed by atoms with Crippen molar-refractivity contribution in [3.8, 4) is 11.5 Å². The van der Waals surface area contributed by atoms with Crippen LogP contribution in [0.25, 0.3) is 0 Å². The second kappa shape index (κ2) is 14.0. The molecule has 5 rings (SSSR count). The van der Waals surface area contributed by atoms with Crippen LogP contribution in [0, 0.1) is 17.8 Å². The van der Waals surface area contributed by atoms with Crippen LogP contribution in [-0.4, -0.2) is 63.4 Å². The third kappa shape index (κ3) is 7.85. The predicted octanol–water partition coefficient (Wildman–Crippen LogP) is 6.15. The number of methoxy groups -OCH3 is 2. The van der Waals surface area contributed by atoms with Crippen LogP contribution in [0.1, 0.15) is 70.4 Å². The number of ketones is 2. The highest BCUT2D eigenvalue weighted by Crippen LogP contribution is 2.54. The summed E-state index contributed by atoms with van der Waals surface area (Å²) in [5, 5.41) is 2.53. The van der Waals surface area contributed by atoms with Gasteiger partial charge >= 0.3 is 0 Å². The van der Waals surface area contributed by atoms with Gasteiger partial charge in [-0.3, -0.25) is 14.4 Å². The zero-order valence-corrected chi connectivity index (χ0v) is 28.0. The normalized spacial score (nSPS) is 18.9. The summed E-state index contributed by atoms with van der Waals surface area (Å²) in [5.74, 6) is 0.291. The van der Waals surface area contributed by atoms with Crippen LogP contribution in [0.4, 0.5) is 0 Å². The van der Waals surface area contributed by atoms with Crippen LogP contribution in [0.3, 0.4) is 0 Å². The van der Waals surface area contributed by atoms with E-state index in [0.29, 0.717) is 48.6 Å². The lowest BCUT2D eigenvalue weighted by Gasteiger charge is -2.49. The first-order chi connectivity index (χ1) is 21.3. The van der Waals surface area contributed by atoms with Crippen LogP contribution in [0.15, 0.2) is 71.1 Å². The molecule has 0 radical (unpaired) electrons. The standard InChI is InChI=1S/C30H40N2O6.C7H8/c1-29(2)13-19-27(21(33)15-29)26(18-8-9-23(24(12-18)37-7)38-17-25(35)31-5)28-20(32(19)10-11-36-6)14-30(3,4)16-22(28)34;1-7-5-3-2-4-6-7/h8-9,12,26H,10-11,13-17H2,1-7H3,(H,31,35);2-6H,1H3. The number of Topliss-reactive ketones (excluding diaryl/α,β-unsaturated/α-hetero) is 2. The van der Waals surface area contributed by atoms with E-state index < -0.39 is 5.92 Å². The van der Waals surface area contributed by atoms with E-state index in [4.69, 9.17) is 14.2 Å². The number of allylic oxidation sites excluding steroid dienone is 4. The molecule has 1 aliphatic heterocycles. The van der Waals surface area contributed by atoms with Gasteiger partial charge in [-0.2, -0.15) is 0 Å². The van der Waals surface area contributed by atoms with Crippen LogP contribution in [0.5, 0.6) is 11.5 Å². The number of amides is 1. The fourth-order valence-corrected chi connectivity index (χ4v) is 6.57. The minimum Gasteiger partial charge on any atom is -0.493 e. The monoisotopic (exact) mass is 616 g/mol. The molecule has 0 saturated heterocycles. The van der Waals surface area contributed by atoms with Gasteiger partial charge in [-0.05, 0) is 48.3 Å². The molecule has 0 fully saturated rings. The second-order valence-electron chi connectivity index (χ2n) is 13.7. The van der Waals surface area contributed by atoms with E-state index in [1.54, 1.807) is 20.2 Å². The lowest BCUT2D eigenvalue weighted by Crippen LogP contribution is -2.45. The Kier molecular flexibility index (Phi) is 10.6. The summed E-state index contributed by atoms with van der Waals surface area (Å²) in [7, 11) is 4.76. The van der Waals surface area contributed by atoms with Crippen LogP contribution < -0.4 is 14.8 Å². The summed E-state index contributed by atoms with van der Waals surface area (Å²) in [6.45, 7) is 11.5. The van der Waals surface area contributed by atoms with Crippen molar-refractivity contribution in [2.45, 2.75) is 66.2 Å². The average molecular weight is 617 g/mol. The maximum absolute atomic E-state index is 13.8. The van der Waals surface area contributed by atoms with E-state index in [9.17, 15) is 14.4 Å². The molecule has 0 saturated carbocycles. The first kappa shape index (κ1) is 34.0. The fraction of sp³-hybridized carbons (Fsp3) is 0.486. The molecule has 1 N–H and O–H groups in total. The van der Waals surface area contributed by atoms with Crippen LogP contribution in [0.2, 0.25) is 0 Å². The van der Waals surface area contributed by atoms with Gasteiger partial charge in [-0.25, -0.2) is 0 Å². The number of carbonyl (C=O) groups excluding carboxylic acids is 3. The SMILES string of the molecule is CNC(=O)COc1ccc(C2C3=C(CC(C)(C)CC3=O)N(CCOC)C3=C2C(=O)CC(C)(C)C3)cc1OC.Cc1ccccc1. The van der Waals surface area contributed by atoms with Crippen molar-refractivity contribution < 1.29 is 28.6 Å². The topological polar surface area (TPSA) is 94.2 Å². The molecule has 8 nitrogen and oxygen atoms in total. The number of hydrogen-bond donors (Lipinski definition) is 1. The Morgan fingerprint density at radius 2 is 1.44 bits per heavy atom. The van der Waals surface area contributed by atoms with Crippen molar-refractivity contribution in [3.05, 3.63) is 82.2 Å². The zero-order valence-electron chi connectivity index (χ0n) is 28.0. The number of carbonyl (C=O) groups is 3. The molecule has 0 unspecified atom stereocenters. The summed E-state index contributed by atoms with van der Waals surface area (Å²) in [6.07, 6.45) is 2.33. The molecular weight excluding hydrogens is 568 g/mol. The Hall–Kier alpha value is -3.91. The Labute approximate surface area is 267 Å². The molecule has 2 aliphatic carbocycles. The summed E-state index contributed by atoms with van der Waals surface area (Å²) < 4.78 is 16.7. The summed E-state index contributed by atoms with van der Waals surface area (Å²) in [5.41, 5.74) is 5.15. The summed E-state index contributed by atoms with van der Waals surface area (Å²) >= 11 is 0. The summed E-state index contributed by atoms with van der Waals surface area (Å²) in [6, 6.07) is 15.7. The van der Waals surface area contributed by atoms with Gasteiger partial charge in [0.05, 0.1) is 13.7 Å². The average Bonchev–Trinajstić information content (AvgIpc) is 2.98. The van der Waals surface area contributed by atoms with Crippen LogP contribution >= 0.6 is 0 Å². The van der Waals surface area contributed by atoms with E-state index in [0.717, 1.165) is 29.8 Å². The first-order valence-electron chi connectivity index (χ1n) is 15.6. The zero-order chi connectivity index (χ0) is 32.9. The molecule has 0 atom stereocenters. The minimum atomic E-state index is -0.479. The highest BCUT2D eigenvalue weighted by Gasteiger charge is 2.49. The molecule has 1 heterocycles. The maximum atomic E-state index is 13.8. The largest absolute Gasteiger partial charge is 0.493 e. The molecular formula is C37H48N2O6. The Morgan fingerprint density at radius 1 is 0.867 bits per heavy atom. The van der Waals surface area contributed by atoms with E-state index in [2.05, 4.69) is 57.0 Å². The Balaban J connectivity index is 0.000000580. The van der Waals surface area contributed by atoms with Gasteiger partial charge in [0.15, 0.2) is 29.7 Å². The molecule has 8 heteroatoms. The van der Waals surface area contributed by atoms with Crippen molar-refractivity contribution in [1.82, 2.24) is 10.2 Å². The van der Waals surface area contributed by atoms with E-state index in [1.165, 1.54) is 12.7 Å². The summed E-state index contributed by atoms with van der Waals surface area (Å²) in [4.78, 5) is 41.6. The van der Waals surface area contributed by atoms with Gasteiger partial charge in [-0.1, -0.05) is 69.7 Å². The third-order valence-corrected chi connectivity index (χ3v) is 8.64. The quantitative estimate of drug-likeness (QED) is 0.380. The van der Waals surface area contributed by atoms with Gasteiger partial charge < -0.3 is 24.4 Å². The highest BCUT2D eigenvalue weighted by atomic mass is 16.5. The Bertz CT molecular complexity index is 1430. The predicted molar refractivity (Wildman–Crippen MR) is 175 cm³/mol. The molecule has 0 bridgehead atoms. The van der Waals surface area contributed by atoms with E-state index in [-0.39, 0.29) is 34.9 Å². The lowest BCUT2D eigenvalue weighted by molar-refractivity contribution is -0.123. The number of likely N-dealkylation sites (N-methyl/N-ethyl adjacent to an activating group) is 1. The van der Waals surface area contributed by atoms with E-state index in [1.807, 2.05) is 30.3 Å². The molecule has 3 aliphatic rings. The van der Waals surface area contributed by atoms with Gasteiger partial charge in [0.25, 0.3) is 5.91 Å². The third-order valence-electron chi connectivity index (χ3n) is 8.64. The van der Waals surface area contributed by atoms with E-state index >= 15 is 0 Å². The number of rotatable bonds is 8. The Morgan fingerprint density at radius 3 is 1.91 bits per heavy atom. The highest BCUT2D eigenvalue weighted by molar-refractivity contribution is 6.06. The van der Waals surface area contributed by atoms with Gasteiger partial charge in [0.1, 0.15) is 0 Å². The smallest absolute Gasteiger partial charge is 0.257 e. The van der Waals surface area contributed by atoms with Gasteiger partial charge in [-0.15, -0.1) is 0 Å². The number of hydrogen-bond acceptors (Lipinski definition) is 7. The lowest BCUT2D eigenvalue weighted by atomic mass is 9.63. The van der Waals surface area contributed by atoms with Gasteiger partial charge in [0, 0.05) is 62.0 Å². The molecule has 0 aromatic heterocycles. The van der Waals surface area contributed by atoms with Crippen molar-refractivity contribution in [3.63, 3.8) is 0 Å². The number of benzene rings is 2. The van der Waals surface area contributed by atoms with Gasteiger partial charge in [0.2, 0.25) is 0 Å². The van der Waals surface area contributed by atoms with Crippen molar-refractivity contribution >= 4 is 17.5 Å². The molecule has 45 heavy (non-hydrogen) atoms. The molecule has 0 spiro atoms. The number of nitrogens with zero attached hydrogens (tertiary/aromatic N) is 1. The molecule has 1 amide bonds. The minimum absolute atomic E-state index is 0.0757. The van der Waals surface area contributed by atoms with Crippen LogP contribution in [-0.2, 0) is 19.1 Å². The van der Waals surface area contributed by atoms with Crippen molar-refractivity contribution in [1.29, 1.82) is 0 Å². The second-order valence-corrected chi connectivity index (χ2v) is 13.7. The maximum Gasteiger partial charge on any atom is 0.257 e. The first-order valence-corrected chi connectivity index (χ1v) is 15.6. The van der Waals surface area contributed by atoms with Crippen molar-refractivity contribution in [2.75, 3.05) is 41.0 Å². The molecule has 2 aromatic carbocycles. The fourth-order valence-electron chi connectivity index (χ4n) is 6.57. The molecule has 242 valence electrons. The van der Waals surface area contributed by atoms with Crippen molar-refractivity contribution in [2.24, 2.45) is 10.8 Å². The number of aryl methyl sites for hydroxylation is 1.